The van der Waals surface area contributed by atoms with Crippen molar-refractivity contribution in [3.05, 3.63) is 0 Å². The maximum absolute atomic E-state index is 11.8. The van der Waals surface area contributed by atoms with Gasteiger partial charge in [0.1, 0.15) is 6.61 Å². The number of hydrogen-bond acceptors (Lipinski definition) is 3. The summed E-state index contributed by atoms with van der Waals surface area (Å²) in [5, 5.41) is 0. The molecule has 0 spiro atoms. The monoisotopic (exact) mass is 213 g/mol. The highest BCUT2D eigenvalue weighted by molar-refractivity contribution is 5.93. The molecule has 0 aromatic rings. The maximum atomic E-state index is 11.8. The summed E-state index contributed by atoms with van der Waals surface area (Å²) in [7, 11) is 0. The van der Waals surface area contributed by atoms with Crippen LogP contribution in [0.25, 0.3) is 0 Å². The molecule has 0 unspecified atom stereocenters. The Morgan fingerprint density at radius 3 is 2.53 bits per heavy atom. The fourth-order valence-corrected chi connectivity index (χ4v) is 1.66. The van der Waals surface area contributed by atoms with Gasteiger partial charge in [-0.3, -0.25) is 4.79 Å². The molecule has 1 atom stereocenters. The highest BCUT2D eigenvalue weighted by Crippen LogP contribution is 2.21. The van der Waals surface area contributed by atoms with E-state index in [9.17, 15) is 9.59 Å². The second kappa shape index (κ2) is 4.64. The maximum Gasteiger partial charge on any atom is 0.416 e. The Labute approximate surface area is 90.6 Å². The second-order valence-electron chi connectivity index (χ2n) is 4.75. The number of amides is 2. The van der Waals surface area contributed by atoms with Crippen LogP contribution in [0.2, 0.25) is 0 Å². The van der Waals surface area contributed by atoms with Crippen LogP contribution in [0.15, 0.2) is 0 Å². The summed E-state index contributed by atoms with van der Waals surface area (Å²) < 4.78 is 4.91. The Bertz CT molecular complexity index is 261. The molecule has 0 N–H and O–H groups in total. The molecule has 0 aromatic carbocycles. The molecule has 1 aliphatic rings. The lowest BCUT2D eigenvalue weighted by atomic mass is 10.0. The third-order valence-electron chi connectivity index (χ3n) is 2.53. The number of nitrogens with zero attached hydrogens (tertiary/aromatic N) is 1. The highest BCUT2D eigenvalue weighted by atomic mass is 16.6. The Hall–Kier alpha value is -1.06. The summed E-state index contributed by atoms with van der Waals surface area (Å²) in [6.45, 7) is 8.23. The van der Waals surface area contributed by atoms with Crippen LogP contribution >= 0.6 is 0 Å². The SMILES string of the molecule is CC(C)CC(=O)N1C(=O)OC[C@@H]1C(C)C. The molecule has 86 valence electrons. The van der Waals surface area contributed by atoms with Crippen molar-refractivity contribution in [3.63, 3.8) is 0 Å². The predicted octanol–water partition coefficient (Wildman–Crippen LogP) is 2.04. The van der Waals surface area contributed by atoms with Crippen LogP contribution in [-0.2, 0) is 9.53 Å². The summed E-state index contributed by atoms with van der Waals surface area (Å²) in [5.74, 6) is 0.387. The third-order valence-corrected chi connectivity index (χ3v) is 2.53. The van der Waals surface area contributed by atoms with E-state index < -0.39 is 6.09 Å². The van der Waals surface area contributed by atoms with Crippen molar-refractivity contribution >= 4 is 12.0 Å². The van der Waals surface area contributed by atoms with Crippen LogP contribution < -0.4 is 0 Å². The number of imide groups is 1. The Kier molecular flexibility index (Phi) is 3.72. The normalized spacial score (nSPS) is 21.3. The van der Waals surface area contributed by atoms with Crippen LogP contribution in [0.4, 0.5) is 4.79 Å². The van der Waals surface area contributed by atoms with Crippen molar-refractivity contribution in [2.75, 3.05) is 6.61 Å². The molecule has 4 nitrogen and oxygen atoms in total. The molecule has 1 heterocycles. The zero-order chi connectivity index (χ0) is 11.6. The summed E-state index contributed by atoms with van der Waals surface area (Å²) >= 11 is 0. The molecule has 0 radical (unpaired) electrons. The van der Waals surface area contributed by atoms with Gasteiger partial charge in [-0.05, 0) is 11.8 Å². The first-order valence-corrected chi connectivity index (χ1v) is 5.42. The zero-order valence-corrected chi connectivity index (χ0v) is 9.82. The molecule has 15 heavy (non-hydrogen) atoms. The molecule has 1 fully saturated rings. The first-order chi connectivity index (χ1) is 6.93. The van der Waals surface area contributed by atoms with Gasteiger partial charge >= 0.3 is 6.09 Å². The van der Waals surface area contributed by atoms with Crippen molar-refractivity contribution in [1.29, 1.82) is 0 Å². The van der Waals surface area contributed by atoms with E-state index in [0.717, 1.165) is 0 Å². The van der Waals surface area contributed by atoms with Crippen LogP contribution in [0, 0.1) is 11.8 Å². The molecule has 0 aliphatic carbocycles. The van der Waals surface area contributed by atoms with Gasteiger partial charge in [-0.15, -0.1) is 0 Å². The van der Waals surface area contributed by atoms with Crippen molar-refractivity contribution in [2.45, 2.75) is 40.2 Å². The van der Waals surface area contributed by atoms with E-state index in [-0.39, 0.29) is 23.8 Å². The fraction of sp³-hybridized carbons (Fsp3) is 0.818. The Morgan fingerprint density at radius 1 is 1.47 bits per heavy atom. The summed E-state index contributed by atoms with van der Waals surface area (Å²) in [6.07, 6.45) is -0.0856. The number of ether oxygens (including phenoxy) is 1. The van der Waals surface area contributed by atoms with Gasteiger partial charge in [0.25, 0.3) is 0 Å². The molecule has 0 aromatic heterocycles. The van der Waals surface area contributed by atoms with Gasteiger partial charge in [-0.2, -0.15) is 0 Å². The summed E-state index contributed by atoms with van der Waals surface area (Å²) in [5.41, 5.74) is 0. The molecule has 4 heteroatoms. The minimum absolute atomic E-state index is 0.0938. The Morgan fingerprint density at radius 2 is 2.07 bits per heavy atom. The first kappa shape index (κ1) is 12.0. The number of cyclic esters (lactones) is 1. The fourth-order valence-electron chi connectivity index (χ4n) is 1.66. The van der Waals surface area contributed by atoms with E-state index in [1.807, 2.05) is 27.7 Å². The van der Waals surface area contributed by atoms with E-state index in [2.05, 4.69) is 0 Å². The highest BCUT2D eigenvalue weighted by Gasteiger charge is 2.39. The lowest BCUT2D eigenvalue weighted by Gasteiger charge is -2.23. The van der Waals surface area contributed by atoms with Crippen molar-refractivity contribution < 1.29 is 14.3 Å². The van der Waals surface area contributed by atoms with Crippen LogP contribution in [0.5, 0.6) is 0 Å². The second-order valence-corrected chi connectivity index (χ2v) is 4.75. The summed E-state index contributed by atoms with van der Waals surface area (Å²) in [6, 6.07) is -0.0938. The quantitative estimate of drug-likeness (QED) is 0.720. The van der Waals surface area contributed by atoms with Crippen LogP contribution in [-0.4, -0.2) is 29.5 Å². The van der Waals surface area contributed by atoms with Gasteiger partial charge in [-0.25, -0.2) is 9.69 Å². The standard InChI is InChI=1S/C11H19NO3/c1-7(2)5-10(13)12-9(8(3)4)6-15-11(12)14/h7-9H,5-6H2,1-4H3/t9-/m1/s1. The smallest absolute Gasteiger partial charge is 0.416 e. The molecular weight excluding hydrogens is 194 g/mol. The van der Waals surface area contributed by atoms with Gasteiger partial charge in [0.2, 0.25) is 5.91 Å². The predicted molar refractivity (Wildman–Crippen MR) is 56.3 cm³/mol. The summed E-state index contributed by atoms with van der Waals surface area (Å²) in [4.78, 5) is 24.5. The molecule has 0 bridgehead atoms. The molecule has 1 rings (SSSR count). The molecule has 0 saturated carbocycles. The average molecular weight is 213 g/mol. The lowest BCUT2D eigenvalue weighted by molar-refractivity contribution is -0.130. The number of hydrogen-bond donors (Lipinski definition) is 0. The van der Waals surface area contributed by atoms with Gasteiger partial charge in [0.05, 0.1) is 6.04 Å². The third kappa shape index (κ3) is 2.70. The van der Waals surface area contributed by atoms with Crippen molar-refractivity contribution in [3.8, 4) is 0 Å². The van der Waals surface area contributed by atoms with E-state index in [4.69, 9.17) is 4.74 Å². The van der Waals surface area contributed by atoms with E-state index in [1.165, 1.54) is 4.90 Å². The molecular formula is C11H19NO3. The zero-order valence-electron chi connectivity index (χ0n) is 9.82. The van der Waals surface area contributed by atoms with E-state index in [1.54, 1.807) is 0 Å². The number of rotatable bonds is 3. The number of carbonyl (C=O) groups is 2. The number of carbonyl (C=O) groups excluding carboxylic acids is 2. The largest absolute Gasteiger partial charge is 0.447 e. The molecule has 1 aliphatic heterocycles. The minimum Gasteiger partial charge on any atom is -0.447 e. The van der Waals surface area contributed by atoms with E-state index in [0.29, 0.717) is 13.0 Å². The molecule has 2 amide bonds. The molecule has 1 saturated heterocycles. The van der Waals surface area contributed by atoms with Crippen LogP contribution in [0.1, 0.15) is 34.1 Å². The van der Waals surface area contributed by atoms with Gasteiger partial charge < -0.3 is 4.74 Å². The minimum atomic E-state index is -0.487. The van der Waals surface area contributed by atoms with Crippen molar-refractivity contribution in [2.24, 2.45) is 11.8 Å². The van der Waals surface area contributed by atoms with Gasteiger partial charge in [-0.1, -0.05) is 27.7 Å². The van der Waals surface area contributed by atoms with Crippen molar-refractivity contribution in [1.82, 2.24) is 4.90 Å². The lowest BCUT2D eigenvalue weighted by Crippen LogP contribution is -2.42. The Balaban J connectivity index is 2.71. The average Bonchev–Trinajstić information content (AvgIpc) is 2.45. The van der Waals surface area contributed by atoms with E-state index >= 15 is 0 Å². The van der Waals surface area contributed by atoms with Gasteiger partial charge in [0, 0.05) is 6.42 Å². The van der Waals surface area contributed by atoms with Crippen LogP contribution in [0.3, 0.4) is 0 Å². The first-order valence-electron chi connectivity index (χ1n) is 5.42. The van der Waals surface area contributed by atoms with Gasteiger partial charge in [0.15, 0.2) is 0 Å². The topological polar surface area (TPSA) is 46.6 Å².